The number of nitrogens with one attached hydrogen (secondary N) is 1. The number of rotatable bonds is 9. The fourth-order valence-electron chi connectivity index (χ4n) is 4.61. The van der Waals surface area contributed by atoms with E-state index in [9.17, 15) is 23.6 Å². The van der Waals surface area contributed by atoms with E-state index in [0.29, 0.717) is 22.3 Å². The topological polar surface area (TPSA) is 106 Å². The molecule has 10 heteroatoms. The number of carbonyl (C=O) groups is 2. The number of carbonyl (C=O) groups excluding carboxylic acids is 2. The standard InChI is InChI=1S/C32H32F2N4O4.CH4/c1-19-13-27-30(20(2)37-38(27)29(14-19)41-18-24-25(33)7-6-8-26(24)34)28(39)15-23(17-36-31(40)42-32(3,4)5)22-11-9-21(16-35)10-12-22;/h6-14,23H,15,17-18H2,1-5H3,(H,36,40);1H4. The van der Waals surface area contributed by atoms with Crippen molar-refractivity contribution in [3.8, 4) is 11.9 Å². The maximum atomic E-state index is 14.2. The Morgan fingerprint density at radius 3 is 2.33 bits per heavy atom. The third kappa shape index (κ3) is 7.95. The molecule has 2 aromatic carbocycles. The van der Waals surface area contributed by atoms with Gasteiger partial charge in [-0.3, -0.25) is 4.79 Å². The molecule has 43 heavy (non-hydrogen) atoms. The zero-order chi connectivity index (χ0) is 30.6. The average Bonchev–Trinajstić information content (AvgIpc) is 3.25. The average molecular weight is 591 g/mol. The van der Waals surface area contributed by atoms with Crippen molar-refractivity contribution in [3.63, 3.8) is 0 Å². The Hall–Kier alpha value is -4.78. The third-order valence-electron chi connectivity index (χ3n) is 6.56. The smallest absolute Gasteiger partial charge is 0.407 e. The molecular formula is C33H36F2N4O4. The van der Waals surface area contributed by atoms with Crippen molar-refractivity contribution in [2.75, 3.05) is 6.54 Å². The van der Waals surface area contributed by atoms with Gasteiger partial charge in [0.25, 0.3) is 0 Å². The summed E-state index contributed by atoms with van der Waals surface area (Å²) >= 11 is 0. The van der Waals surface area contributed by atoms with Gasteiger partial charge >= 0.3 is 6.09 Å². The quantitative estimate of drug-likeness (QED) is 0.207. The highest BCUT2D eigenvalue weighted by Crippen LogP contribution is 2.29. The summed E-state index contributed by atoms with van der Waals surface area (Å²) in [4.78, 5) is 26.2. The number of pyridine rings is 1. The molecule has 0 saturated carbocycles. The molecule has 1 amide bonds. The Bertz CT molecular complexity index is 1650. The van der Waals surface area contributed by atoms with Crippen LogP contribution in [0.4, 0.5) is 13.6 Å². The number of aromatic nitrogens is 2. The largest absolute Gasteiger partial charge is 0.473 e. The fourth-order valence-corrected chi connectivity index (χ4v) is 4.61. The van der Waals surface area contributed by atoms with Crippen LogP contribution in [0.5, 0.6) is 5.88 Å². The van der Waals surface area contributed by atoms with Gasteiger partial charge in [0, 0.05) is 24.9 Å². The number of benzene rings is 2. The number of halogens is 2. The van der Waals surface area contributed by atoms with Gasteiger partial charge in [-0.2, -0.15) is 10.4 Å². The molecule has 0 bridgehead atoms. The Labute approximate surface area is 250 Å². The van der Waals surface area contributed by atoms with Crippen molar-refractivity contribution in [2.45, 2.75) is 66.6 Å². The summed E-state index contributed by atoms with van der Waals surface area (Å²) in [7, 11) is 0. The molecule has 0 spiro atoms. The highest BCUT2D eigenvalue weighted by Gasteiger charge is 2.25. The van der Waals surface area contributed by atoms with Gasteiger partial charge < -0.3 is 14.8 Å². The molecule has 0 aliphatic carbocycles. The lowest BCUT2D eigenvalue weighted by molar-refractivity contribution is 0.0522. The van der Waals surface area contributed by atoms with Crippen LogP contribution in [-0.4, -0.2) is 33.6 Å². The lowest BCUT2D eigenvalue weighted by atomic mass is 9.90. The van der Waals surface area contributed by atoms with Crippen LogP contribution >= 0.6 is 0 Å². The first-order valence-electron chi connectivity index (χ1n) is 13.4. The fraction of sp³-hybridized carbons (Fsp3) is 0.333. The van der Waals surface area contributed by atoms with Gasteiger partial charge in [-0.1, -0.05) is 25.6 Å². The van der Waals surface area contributed by atoms with Crippen LogP contribution in [0.2, 0.25) is 0 Å². The molecule has 1 N–H and O–H groups in total. The van der Waals surface area contributed by atoms with Gasteiger partial charge in [0.05, 0.1) is 34.0 Å². The molecule has 1 unspecified atom stereocenters. The van der Waals surface area contributed by atoms with Crippen LogP contribution in [0.3, 0.4) is 0 Å². The van der Waals surface area contributed by atoms with Gasteiger partial charge in [-0.25, -0.2) is 18.1 Å². The third-order valence-corrected chi connectivity index (χ3v) is 6.56. The van der Waals surface area contributed by atoms with Crippen LogP contribution in [0.25, 0.3) is 5.52 Å². The molecule has 1 atom stereocenters. The van der Waals surface area contributed by atoms with E-state index in [4.69, 9.17) is 9.47 Å². The highest BCUT2D eigenvalue weighted by molar-refractivity contribution is 6.04. The molecule has 8 nitrogen and oxygen atoms in total. The number of fused-ring (bicyclic) bond motifs is 1. The molecule has 2 heterocycles. The molecule has 2 aromatic heterocycles. The summed E-state index contributed by atoms with van der Waals surface area (Å²) in [5, 5.41) is 16.4. The van der Waals surface area contributed by atoms with Gasteiger partial charge in [-0.05, 0) is 76.1 Å². The first-order chi connectivity index (χ1) is 19.9. The van der Waals surface area contributed by atoms with Crippen LogP contribution < -0.4 is 10.1 Å². The number of aryl methyl sites for hydroxylation is 2. The Kier molecular flexibility index (Phi) is 10.2. The van der Waals surface area contributed by atoms with Crippen molar-refractivity contribution in [1.29, 1.82) is 5.26 Å². The minimum absolute atomic E-state index is 0. The number of alkyl carbamates (subject to hydrolysis) is 1. The Balaban J connectivity index is 0.00000506. The first kappa shape index (κ1) is 32.7. The maximum Gasteiger partial charge on any atom is 0.407 e. The predicted octanol–water partition coefficient (Wildman–Crippen LogP) is 7.20. The SMILES string of the molecule is C.Cc1cc(OCc2c(F)cccc2F)n2nc(C)c(C(=O)CC(CNC(=O)OC(C)(C)C)c3ccc(C#N)cc3)c2c1. The monoisotopic (exact) mass is 590 g/mol. The second-order valence-corrected chi connectivity index (χ2v) is 11.1. The highest BCUT2D eigenvalue weighted by atomic mass is 19.1. The van der Waals surface area contributed by atoms with Crippen molar-refractivity contribution < 1.29 is 27.8 Å². The Morgan fingerprint density at radius 2 is 1.72 bits per heavy atom. The van der Waals surface area contributed by atoms with E-state index in [2.05, 4.69) is 16.5 Å². The summed E-state index contributed by atoms with van der Waals surface area (Å²) in [5.74, 6) is -1.87. The van der Waals surface area contributed by atoms with E-state index in [0.717, 1.165) is 23.3 Å². The number of nitriles is 1. The lowest BCUT2D eigenvalue weighted by Gasteiger charge is -2.22. The molecule has 0 aliphatic rings. The number of amides is 1. The molecular weight excluding hydrogens is 554 g/mol. The van der Waals surface area contributed by atoms with E-state index in [-0.39, 0.29) is 44.2 Å². The zero-order valence-electron chi connectivity index (χ0n) is 24.1. The molecule has 226 valence electrons. The van der Waals surface area contributed by atoms with Gasteiger partial charge in [-0.15, -0.1) is 0 Å². The van der Waals surface area contributed by atoms with Crippen LogP contribution in [0, 0.1) is 36.8 Å². The van der Waals surface area contributed by atoms with Crippen LogP contribution in [0.15, 0.2) is 54.6 Å². The summed E-state index contributed by atoms with van der Waals surface area (Å²) in [6, 6.07) is 16.0. The summed E-state index contributed by atoms with van der Waals surface area (Å²) < 4.78 is 41.0. The van der Waals surface area contributed by atoms with Gasteiger partial charge in [0.15, 0.2) is 5.78 Å². The number of hydrogen-bond acceptors (Lipinski definition) is 6. The van der Waals surface area contributed by atoms with E-state index in [1.807, 2.05) is 6.92 Å². The van der Waals surface area contributed by atoms with Crippen LogP contribution in [-0.2, 0) is 11.3 Å². The van der Waals surface area contributed by atoms with E-state index in [1.165, 1.54) is 10.6 Å². The first-order valence-corrected chi connectivity index (χ1v) is 13.4. The van der Waals surface area contributed by atoms with Crippen molar-refractivity contribution in [1.82, 2.24) is 14.9 Å². The van der Waals surface area contributed by atoms with E-state index < -0.39 is 29.2 Å². The molecule has 0 fully saturated rings. The van der Waals surface area contributed by atoms with Crippen molar-refractivity contribution in [2.24, 2.45) is 0 Å². The number of ketones is 1. The second-order valence-electron chi connectivity index (χ2n) is 11.1. The lowest BCUT2D eigenvalue weighted by Crippen LogP contribution is -2.35. The zero-order valence-corrected chi connectivity index (χ0v) is 24.1. The second kappa shape index (κ2) is 13.5. The van der Waals surface area contributed by atoms with Gasteiger partial charge in [0.1, 0.15) is 23.8 Å². The molecule has 4 aromatic rings. The number of nitrogens with zero attached hydrogens (tertiary/aromatic N) is 3. The predicted molar refractivity (Wildman–Crippen MR) is 159 cm³/mol. The van der Waals surface area contributed by atoms with E-state index >= 15 is 0 Å². The van der Waals surface area contributed by atoms with E-state index in [1.54, 1.807) is 64.1 Å². The number of hydrogen-bond donors (Lipinski definition) is 1. The Morgan fingerprint density at radius 1 is 1.07 bits per heavy atom. The number of Topliss-reactive ketones (excluding diaryl/α,β-unsaturated/α-hetero) is 1. The number of ether oxygens (including phenoxy) is 2. The molecule has 4 rings (SSSR count). The minimum atomic E-state index is -0.722. The summed E-state index contributed by atoms with van der Waals surface area (Å²) in [6.07, 6.45) is -0.585. The van der Waals surface area contributed by atoms with Crippen molar-refractivity contribution >= 4 is 17.4 Å². The summed E-state index contributed by atoms with van der Waals surface area (Å²) in [6.45, 7) is 8.55. The molecule has 0 aliphatic heterocycles. The van der Waals surface area contributed by atoms with Crippen LogP contribution in [0.1, 0.15) is 78.8 Å². The molecule has 0 radical (unpaired) electrons. The molecule has 0 saturated heterocycles. The van der Waals surface area contributed by atoms with Gasteiger partial charge in [0.2, 0.25) is 5.88 Å². The summed E-state index contributed by atoms with van der Waals surface area (Å²) in [5.41, 5.74) is 2.40. The minimum Gasteiger partial charge on any atom is -0.473 e. The van der Waals surface area contributed by atoms with Crippen molar-refractivity contribution in [3.05, 3.63) is 99.7 Å². The maximum absolute atomic E-state index is 14.2. The normalized spacial score (nSPS) is 11.8.